The molecule has 0 aliphatic heterocycles. The van der Waals surface area contributed by atoms with E-state index in [1.54, 1.807) is 13.8 Å². The molecule has 0 aromatic rings. The molecule has 0 aromatic heterocycles. The van der Waals surface area contributed by atoms with Gasteiger partial charge in [0.1, 0.15) is 0 Å². The van der Waals surface area contributed by atoms with Crippen LogP contribution in [-0.4, -0.2) is 29.7 Å². The second-order valence-electron chi connectivity index (χ2n) is 5.27. The Morgan fingerprint density at radius 3 is 2.40 bits per heavy atom. The summed E-state index contributed by atoms with van der Waals surface area (Å²) < 4.78 is 0. The molecule has 1 fully saturated rings. The van der Waals surface area contributed by atoms with Crippen LogP contribution in [0, 0.1) is 5.41 Å². The van der Waals surface area contributed by atoms with E-state index in [9.17, 15) is 9.90 Å². The summed E-state index contributed by atoms with van der Waals surface area (Å²) in [5.41, 5.74) is 4.74. The first-order valence-electron chi connectivity index (χ1n) is 5.58. The Hall–Kier alpha value is -0.610. The van der Waals surface area contributed by atoms with Crippen LogP contribution in [0.5, 0.6) is 0 Å². The molecule has 1 aliphatic rings. The van der Waals surface area contributed by atoms with Crippen LogP contribution in [0.25, 0.3) is 0 Å². The zero-order chi connectivity index (χ0) is 11.5. The lowest BCUT2D eigenvalue weighted by Crippen LogP contribution is -2.51. The maximum Gasteiger partial charge on any atom is 0.239 e. The molecule has 0 radical (unpaired) electrons. The molecule has 0 saturated heterocycles. The van der Waals surface area contributed by atoms with E-state index in [1.165, 1.54) is 0 Å². The van der Waals surface area contributed by atoms with Crippen molar-refractivity contribution in [1.29, 1.82) is 0 Å². The Labute approximate surface area is 91.2 Å². The van der Waals surface area contributed by atoms with E-state index in [4.69, 9.17) is 5.73 Å². The van der Waals surface area contributed by atoms with Crippen LogP contribution >= 0.6 is 0 Å². The highest BCUT2D eigenvalue weighted by Gasteiger charge is 2.34. The fourth-order valence-corrected chi connectivity index (χ4v) is 2.01. The van der Waals surface area contributed by atoms with Gasteiger partial charge in [-0.15, -0.1) is 0 Å². The fraction of sp³-hybridized carbons (Fsp3) is 0.909. The van der Waals surface area contributed by atoms with E-state index in [2.05, 4.69) is 5.32 Å². The summed E-state index contributed by atoms with van der Waals surface area (Å²) in [6, 6.07) is 0. The Balaban J connectivity index is 2.45. The third-order valence-corrected chi connectivity index (χ3v) is 3.21. The Morgan fingerprint density at radius 2 is 2.00 bits per heavy atom. The number of carbonyl (C=O) groups excluding carboxylic acids is 1. The molecule has 0 heterocycles. The van der Waals surface area contributed by atoms with Crippen molar-refractivity contribution in [3.63, 3.8) is 0 Å². The maximum atomic E-state index is 11.6. The van der Waals surface area contributed by atoms with E-state index in [1.807, 2.05) is 0 Å². The number of nitrogens with two attached hydrogens (primary N) is 1. The number of aliphatic hydroxyl groups excluding tert-OH is 1. The van der Waals surface area contributed by atoms with Gasteiger partial charge in [0.15, 0.2) is 0 Å². The fourth-order valence-electron chi connectivity index (χ4n) is 2.01. The zero-order valence-corrected chi connectivity index (χ0v) is 9.68. The van der Waals surface area contributed by atoms with Gasteiger partial charge in [-0.25, -0.2) is 0 Å². The van der Waals surface area contributed by atoms with E-state index in [-0.39, 0.29) is 17.9 Å². The lowest BCUT2D eigenvalue weighted by Gasteiger charge is -2.28. The first-order chi connectivity index (χ1) is 6.90. The molecule has 4 nitrogen and oxygen atoms in total. The highest BCUT2D eigenvalue weighted by Crippen LogP contribution is 2.36. The van der Waals surface area contributed by atoms with Crippen LogP contribution < -0.4 is 11.1 Å². The van der Waals surface area contributed by atoms with Gasteiger partial charge < -0.3 is 16.2 Å². The van der Waals surface area contributed by atoms with Gasteiger partial charge in [-0.1, -0.05) is 12.8 Å². The lowest BCUT2D eigenvalue weighted by atomic mass is 9.87. The normalized spacial score (nSPS) is 20.3. The molecule has 0 atom stereocenters. The summed E-state index contributed by atoms with van der Waals surface area (Å²) in [5, 5.41) is 12.2. The average Bonchev–Trinajstić information content (AvgIpc) is 2.62. The predicted molar refractivity (Wildman–Crippen MR) is 59.3 cm³/mol. The molecule has 1 amide bonds. The lowest BCUT2D eigenvalue weighted by molar-refractivity contribution is -0.125. The molecule has 4 heteroatoms. The van der Waals surface area contributed by atoms with Crippen molar-refractivity contribution in [2.45, 2.75) is 45.1 Å². The third-order valence-electron chi connectivity index (χ3n) is 3.21. The van der Waals surface area contributed by atoms with E-state index >= 15 is 0 Å². The summed E-state index contributed by atoms with van der Waals surface area (Å²) in [5.74, 6) is -0.151. The second-order valence-corrected chi connectivity index (χ2v) is 5.27. The van der Waals surface area contributed by atoms with Crippen LogP contribution in [0.1, 0.15) is 39.5 Å². The molecule has 0 unspecified atom stereocenters. The monoisotopic (exact) mass is 214 g/mol. The topological polar surface area (TPSA) is 75.4 Å². The smallest absolute Gasteiger partial charge is 0.239 e. The quantitative estimate of drug-likeness (QED) is 0.634. The van der Waals surface area contributed by atoms with Crippen LogP contribution in [0.4, 0.5) is 0 Å². The summed E-state index contributed by atoms with van der Waals surface area (Å²) >= 11 is 0. The highest BCUT2D eigenvalue weighted by molar-refractivity contribution is 5.85. The predicted octanol–water partition coefficient (Wildman–Crippen LogP) is 0.393. The minimum Gasteiger partial charge on any atom is -0.396 e. The zero-order valence-electron chi connectivity index (χ0n) is 9.68. The van der Waals surface area contributed by atoms with Gasteiger partial charge in [0.2, 0.25) is 5.91 Å². The van der Waals surface area contributed by atoms with E-state index in [0.29, 0.717) is 6.54 Å². The molecule has 15 heavy (non-hydrogen) atoms. The molecular weight excluding hydrogens is 192 g/mol. The van der Waals surface area contributed by atoms with Crippen LogP contribution in [0.3, 0.4) is 0 Å². The Bertz CT molecular complexity index is 227. The van der Waals surface area contributed by atoms with Gasteiger partial charge >= 0.3 is 0 Å². The number of hydrogen-bond acceptors (Lipinski definition) is 3. The maximum absolute atomic E-state index is 11.6. The molecule has 4 N–H and O–H groups in total. The number of carbonyl (C=O) groups is 1. The van der Waals surface area contributed by atoms with Crippen molar-refractivity contribution in [3.8, 4) is 0 Å². The van der Waals surface area contributed by atoms with E-state index in [0.717, 1.165) is 25.7 Å². The molecule has 0 aromatic carbocycles. The van der Waals surface area contributed by atoms with Gasteiger partial charge in [0, 0.05) is 12.0 Å². The van der Waals surface area contributed by atoms with Crippen molar-refractivity contribution in [3.05, 3.63) is 0 Å². The first kappa shape index (κ1) is 12.5. The van der Waals surface area contributed by atoms with Gasteiger partial charge in [-0.3, -0.25) is 4.79 Å². The highest BCUT2D eigenvalue weighted by atomic mass is 16.3. The summed E-state index contributed by atoms with van der Waals surface area (Å²) in [7, 11) is 0. The summed E-state index contributed by atoms with van der Waals surface area (Å²) in [4.78, 5) is 11.6. The average molecular weight is 214 g/mol. The molecule has 0 bridgehead atoms. The van der Waals surface area contributed by atoms with Crippen molar-refractivity contribution in [1.82, 2.24) is 5.32 Å². The number of rotatable bonds is 4. The molecule has 1 saturated carbocycles. The van der Waals surface area contributed by atoms with E-state index < -0.39 is 5.54 Å². The SMILES string of the molecule is CC(C)(N)C(=O)NCC1(CO)CCCC1. The summed E-state index contributed by atoms with van der Waals surface area (Å²) in [6.45, 7) is 4.06. The molecular formula is C11H22N2O2. The number of nitrogens with one attached hydrogen (secondary N) is 1. The van der Waals surface area contributed by atoms with Crippen molar-refractivity contribution < 1.29 is 9.90 Å². The summed E-state index contributed by atoms with van der Waals surface area (Å²) in [6.07, 6.45) is 4.27. The number of hydrogen-bond donors (Lipinski definition) is 3. The Kier molecular flexibility index (Phi) is 3.73. The van der Waals surface area contributed by atoms with Gasteiger partial charge in [-0.2, -0.15) is 0 Å². The van der Waals surface area contributed by atoms with Gasteiger partial charge in [-0.05, 0) is 26.7 Å². The number of aliphatic hydroxyl groups is 1. The minimum absolute atomic E-state index is 0.0963. The minimum atomic E-state index is -0.838. The second kappa shape index (κ2) is 4.49. The van der Waals surface area contributed by atoms with Crippen molar-refractivity contribution >= 4 is 5.91 Å². The van der Waals surface area contributed by atoms with Gasteiger partial charge in [0.05, 0.1) is 12.1 Å². The van der Waals surface area contributed by atoms with Crippen LogP contribution in [-0.2, 0) is 4.79 Å². The first-order valence-corrected chi connectivity index (χ1v) is 5.58. The van der Waals surface area contributed by atoms with Gasteiger partial charge in [0.25, 0.3) is 0 Å². The third kappa shape index (κ3) is 3.18. The largest absolute Gasteiger partial charge is 0.396 e. The molecule has 1 rings (SSSR count). The molecule has 88 valence electrons. The molecule has 1 aliphatic carbocycles. The van der Waals surface area contributed by atoms with Crippen molar-refractivity contribution in [2.24, 2.45) is 11.1 Å². The standard InChI is InChI=1S/C11H22N2O2/c1-10(2,12)9(15)13-7-11(8-14)5-3-4-6-11/h14H,3-8,12H2,1-2H3,(H,13,15). The van der Waals surface area contributed by atoms with Crippen LogP contribution in [0.15, 0.2) is 0 Å². The van der Waals surface area contributed by atoms with Crippen LogP contribution in [0.2, 0.25) is 0 Å². The molecule has 0 spiro atoms. The van der Waals surface area contributed by atoms with Crippen molar-refractivity contribution in [2.75, 3.05) is 13.2 Å². The number of amides is 1. The Morgan fingerprint density at radius 1 is 1.47 bits per heavy atom.